The average molecular weight is 518 g/mol. The van der Waals surface area contributed by atoms with Gasteiger partial charge in [0.1, 0.15) is 5.60 Å². The summed E-state index contributed by atoms with van der Waals surface area (Å²) < 4.78 is 0. The monoisotopic (exact) mass is 517 g/mol. The Bertz CT molecular complexity index is 1140. The van der Waals surface area contributed by atoms with Crippen molar-refractivity contribution >= 4 is 5.97 Å². The van der Waals surface area contributed by atoms with Gasteiger partial charge in [-0.3, -0.25) is 4.79 Å². The molecule has 0 bridgehead atoms. The van der Waals surface area contributed by atoms with Crippen LogP contribution < -0.4 is 0 Å². The molecule has 1 heterocycles. The molecular weight excluding hydrogens is 478 g/mol. The molecular formula is C32H39NO5. The van der Waals surface area contributed by atoms with Gasteiger partial charge in [-0.05, 0) is 86.0 Å². The van der Waals surface area contributed by atoms with Gasteiger partial charge in [0.25, 0.3) is 0 Å². The number of hydrogen-bond donors (Lipinski definition) is 4. The minimum atomic E-state index is -1.03. The molecule has 2 unspecified atom stereocenters. The zero-order valence-electron chi connectivity index (χ0n) is 22.0. The van der Waals surface area contributed by atoms with E-state index in [9.17, 15) is 25.2 Å². The Morgan fingerprint density at radius 1 is 0.974 bits per heavy atom. The molecule has 202 valence electrons. The first kappa shape index (κ1) is 28.0. The lowest BCUT2D eigenvalue weighted by Gasteiger charge is -2.42. The Morgan fingerprint density at radius 2 is 1.55 bits per heavy atom. The van der Waals surface area contributed by atoms with Crippen LogP contribution in [0.2, 0.25) is 0 Å². The molecule has 1 aliphatic rings. The van der Waals surface area contributed by atoms with Crippen molar-refractivity contribution in [1.29, 1.82) is 0 Å². The Balaban J connectivity index is 1.33. The van der Waals surface area contributed by atoms with Gasteiger partial charge < -0.3 is 25.3 Å². The number of aliphatic hydroxyl groups excluding tert-OH is 2. The molecule has 0 aliphatic carbocycles. The average Bonchev–Trinajstić information content (AvgIpc) is 2.97. The maximum atomic E-state index is 12.1. The fraction of sp³-hybridized carbons (Fsp3) is 0.406. The zero-order chi connectivity index (χ0) is 27.1. The molecule has 6 heteroatoms. The first-order chi connectivity index (χ1) is 18.3. The first-order valence-electron chi connectivity index (χ1n) is 13.5. The van der Waals surface area contributed by atoms with Crippen LogP contribution in [0.4, 0.5) is 0 Å². The molecule has 2 atom stereocenters. The Morgan fingerprint density at radius 3 is 2.08 bits per heavy atom. The quantitative estimate of drug-likeness (QED) is 0.291. The largest absolute Gasteiger partial charge is 0.481 e. The predicted molar refractivity (Wildman–Crippen MR) is 148 cm³/mol. The normalized spacial score (nSPS) is 16.7. The third-order valence-electron chi connectivity index (χ3n) is 8.12. The highest BCUT2D eigenvalue weighted by Crippen LogP contribution is 2.42. The summed E-state index contributed by atoms with van der Waals surface area (Å²) >= 11 is 0. The third-order valence-corrected chi connectivity index (χ3v) is 8.12. The lowest BCUT2D eigenvalue weighted by molar-refractivity contribution is -0.138. The summed E-state index contributed by atoms with van der Waals surface area (Å²) in [5.74, 6) is -1.55. The van der Waals surface area contributed by atoms with Crippen molar-refractivity contribution < 1.29 is 25.2 Å². The fourth-order valence-corrected chi connectivity index (χ4v) is 5.80. The SMILES string of the molecule is CC(C(=O)O)c1ccc(C(O)CCCN2CCC(C(O)(c3ccccc3)c3ccccc3)CC2)cc1CO. The van der Waals surface area contributed by atoms with Crippen molar-refractivity contribution in [3.63, 3.8) is 0 Å². The van der Waals surface area contributed by atoms with Gasteiger partial charge in [-0.25, -0.2) is 0 Å². The number of hydrogen-bond acceptors (Lipinski definition) is 5. The van der Waals surface area contributed by atoms with Gasteiger partial charge >= 0.3 is 5.97 Å². The number of piperidine rings is 1. The highest BCUT2D eigenvalue weighted by molar-refractivity contribution is 5.76. The first-order valence-corrected chi connectivity index (χ1v) is 13.5. The Labute approximate surface area is 225 Å². The summed E-state index contributed by atoms with van der Waals surface area (Å²) in [4.78, 5) is 13.7. The van der Waals surface area contributed by atoms with E-state index in [1.807, 2.05) is 60.7 Å². The van der Waals surface area contributed by atoms with Crippen LogP contribution in [0.1, 0.15) is 72.4 Å². The standard InChI is InChI=1S/C32H39NO5/c1-23(31(36)37)29-15-14-24(21-25(29)22-34)30(35)13-8-18-33-19-16-28(17-20-33)32(38,26-9-4-2-5-10-26)27-11-6-3-7-12-27/h2-7,9-12,14-15,21,23,28,30,34-35,38H,8,13,16-20,22H2,1H3,(H,36,37). The highest BCUT2D eigenvalue weighted by atomic mass is 16.4. The second kappa shape index (κ2) is 12.7. The number of carboxylic acids is 1. The van der Waals surface area contributed by atoms with Crippen molar-refractivity contribution in [2.24, 2.45) is 5.92 Å². The molecule has 3 aromatic carbocycles. The molecule has 0 amide bonds. The van der Waals surface area contributed by atoms with E-state index in [1.165, 1.54) is 0 Å². The van der Waals surface area contributed by atoms with Crippen LogP contribution in [0.25, 0.3) is 0 Å². The van der Waals surface area contributed by atoms with E-state index in [0.717, 1.165) is 50.0 Å². The topological polar surface area (TPSA) is 101 Å². The van der Waals surface area contributed by atoms with Crippen molar-refractivity contribution in [3.8, 4) is 0 Å². The lowest BCUT2D eigenvalue weighted by Crippen LogP contribution is -2.44. The second-order valence-electron chi connectivity index (χ2n) is 10.4. The molecule has 3 aromatic rings. The van der Waals surface area contributed by atoms with Crippen LogP contribution in [-0.4, -0.2) is 50.9 Å². The maximum absolute atomic E-state index is 12.1. The molecule has 4 N–H and O–H groups in total. The van der Waals surface area contributed by atoms with Crippen LogP contribution in [-0.2, 0) is 17.0 Å². The summed E-state index contributed by atoms with van der Waals surface area (Å²) in [6, 6.07) is 25.1. The van der Waals surface area contributed by atoms with Gasteiger partial charge in [0.05, 0.1) is 18.6 Å². The maximum Gasteiger partial charge on any atom is 0.310 e. The van der Waals surface area contributed by atoms with Gasteiger partial charge in [0, 0.05) is 0 Å². The Kier molecular flexibility index (Phi) is 9.34. The molecule has 0 saturated carbocycles. The molecule has 0 spiro atoms. The second-order valence-corrected chi connectivity index (χ2v) is 10.4. The van der Waals surface area contributed by atoms with E-state index in [0.29, 0.717) is 23.1 Å². The van der Waals surface area contributed by atoms with E-state index in [-0.39, 0.29) is 12.5 Å². The Hall–Kier alpha value is -3.03. The summed E-state index contributed by atoms with van der Waals surface area (Å²) in [6.45, 7) is 3.97. The van der Waals surface area contributed by atoms with Crippen LogP contribution in [0.3, 0.4) is 0 Å². The van der Waals surface area contributed by atoms with Gasteiger partial charge in [-0.1, -0.05) is 78.9 Å². The molecule has 1 aliphatic heterocycles. The third kappa shape index (κ3) is 6.16. The number of nitrogens with zero attached hydrogens (tertiary/aromatic N) is 1. The highest BCUT2D eigenvalue weighted by Gasteiger charge is 2.41. The summed E-state index contributed by atoms with van der Waals surface area (Å²) in [5.41, 5.74) is 2.65. The lowest BCUT2D eigenvalue weighted by atomic mass is 9.72. The van der Waals surface area contributed by atoms with E-state index in [4.69, 9.17) is 0 Å². The number of carbonyl (C=O) groups is 1. The van der Waals surface area contributed by atoms with E-state index in [2.05, 4.69) is 4.90 Å². The smallest absolute Gasteiger partial charge is 0.310 e. The molecule has 6 nitrogen and oxygen atoms in total. The fourth-order valence-electron chi connectivity index (χ4n) is 5.80. The molecule has 1 saturated heterocycles. The molecule has 4 rings (SSSR count). The summed E-state index contributed by atoms with van der Waals surface area (Å²) in [7, 11) is 0. The van der Waals surface area contributed by atoms with Gasteiger partial charge in [-0.2, -0.15) is 0 Å². The number of benzene rings is 3. The molecule has 38 heavy (non-hydrogen) atoms. The summed E-state index contributed by atoms with van der Waals surface area (Å²) in [6.07, 6.45) is 2.48. The number of likely N-dealkylation sites (tertiary alicyclic amines) is 1. The zero-order valence-corrected chi connectivity index (χ0v) is 22.0. The van der Waals surface area contributed by atoms with Gasteiger partial charge in [0.15, 0.2) is 0 Å². The van der Waals surface area contributed by atoms with Crippen molar-refractivity contribution in [3.05, 3.63) is 107 Å². The van der Waals surface area contributed by atoms with Crippen molar-refractivity contribution in [2.45, 2.75) is 56.8 Å². The number of aliphatic carboxylic acids is 1. The van der Waals surface area contributed by atoms with E-state index >= 15 is 0 Å². The van der Waals surface area contributed by atoms with E-state index < -0.39 is 23.6 Å². The van der Waals surface area contributed by atoms with Crippen molar-refractivity contribution in [2.75, 3.05) is 19.6 Å². The number of aliphatic hydroxyl groups is 3. The van der Waals surface area contributed by atoms with Crippen LogP contribution >= 0.6 is 0 Å². The molecule has 0 radical (unpaired) electrons. The minimum Gasteiger partial charge on any atom is -0.481 e. The van der Waals surface area contributed by atoms with Crippen LogP contribution in [0, 0.1) is 5.92 Å². The number of carboxylic acid groups (broad SMARTS) is 1. The summed E-state index contributed by atoms with van der Waals surface area (Å²) in [5, 5.41) is 41.9. The van der Waals surface area contributed by atoms with Crippen LogP contribution in [0.5, 0.6) is 0 Å². The molecule has 0 aromatic heterocycles. The van der Waals surface area contributed by atoms with Gasteiger partial charge in [-0.15, -0.1) is 0 Å². The van der Waals surface area contributed by atoms with Gasteiger partial charge in [0.2, 0.25) is 0 Å². The minimum absolute atomic E-state index is 0.109. The predicted octanol–water partition coefficient (Wildman–Crippen LogP) is 4.83. The van der Waals surface area contributed by atoms with Crippen LogP contribution in [0.15, 0.2) is 78.9 Å². The van der Waals surface area contributed by atoms with Crippen molar-refractivity contribution in [1.82, 2.24) is 4.90 Å². The molecule has 1 fully saturated rings. The van der Waals surface area contributed by atoms with E-state index in [1.54, 1.807) is 25.1 Å². The number of rotatable bonds is 11.